The minimum absolute atomic E-state index is 0.0366. The fraction of sp³-hybridized carbons (Fsp3) is 0.556. The second-order valence-electron chi connectivity index (χ2n) is 3.49. The van der Waals surface area contributed by atoms with E-state index in [0.29, 0.717) is 11.7 Å². The molecule has 7 heteroatoms. The van der Waals surface area contributed by atoms with Gasteiger partial charge in [-0.25, -0.2) is 4.98 Å². The maximum absolute atomic E-state index is 11.6. The number of hydrogen-bond acceptors (Lipinski definition) is 6. The Morgan fingerprint density at radius 2 is 2.62 bits per heavy atom. The van der Waals surface area contributed by atoms with Gasteiger partial charge < -0.3 is 11.1 Å². The van der Waals surface area contributed by atoms with Gasteiger partial charge >= 0.3 is 0 Å². The van der Waals surface area contributed by atoms with Gasteiger partial charge in [0.2, 0.25) is 5.91 Å². The molecule has 2 rings (SSSR count). The van der Waals surface area contributed by atoms with Crippen LogP contribution in [-0.4, -0.2) is 35.1 Å². The van der Waals surface area contributed by atoms with Crippen LogP contribution in [0.5, 0.6) is 0 Å². The topological polar surface area (TPSA) is 80.0 Å². The molecule has 1 aromatic heterocycles. The van der Waals surface area contributed by atoms with Crippen molar-refractivity contribution in [3.8, 4) is 0 Å². The number of amides is 1. The van der Waals surface area contributed by atoms with Crippen LogP contribution >= 0.6 is 23.1 Å². The molecule has 1 aromatic rings. The molecular weight excluding hydrogens is 244 g/mol. The predicted molar refractivity (Wildman–Crippen MR) is 67.5 cm³/mol. The van der Waals surface area contributed by atoms with Gasteiger partial charge in [-0.1, -0.05) is 0 Å². The van der Waals surface area contributed by atoms with E-state index in [1.807, 2.05) is 5.38 Å². The highest BCUT2D eigenvalue weighted by atomic mass is 32.2. The van der Waals surface area contributed by atoms with Crippen LogP contribution in [0.25, 0.3) is 0 Å². The Hall–Kier alpha value is -0.790. The van der Waals surface area contributed by atoms with Gasteiger partial charge in [-0.2, -0.15) is 0 Å². The molecule has 1 atom stereocenters. The summed E-state index contributed by atoms with van der Waals surface area (Å²) in [5.41, 5.74) is 6.46. The van der Waals surface area contributed by atoms with E-state index < -0.39 is 0 Å². The monoisotopic (exact) mass is 258 g/mol. The number of carbonyl (C=O) groups excluding carboxylic acids is 1. The van der Waals surface area contributed by atoms with Crippen molar-refractivity contribution in [2.75, 3.05) is 23.9 Å². The lowest BCUT2D eigenvalue weighted by Crippen LogP contribution is -2.42. The van der Waals surface area contributed by atoms with Crippen LogP contribution < -0.4 is 16.4 Å². The Morgan fingerprint density at radius 1 is 1.75 bits per heavy atom. The molecule has 5 nitrogen and oxygen atoms in total. The Morgan fingerprint density at radius 3 is 3.25 bits per heavy atom. The molecule has 2 heterocycles. The van der Waals surface area contributed by atoms with Gasteiger partial charge in [-0.3, -0.25) is 10.1 Å². The Bertz CT molecular complexity index is 362. The highest BCUT2D eigenvalue weighted by Gasteiger charge is 2.21. The highest BCUT2D eigenvalue weighted by Crippen LogP contribution is 2.11. The fourth-order valence-electron chi connectivity index (χ4n) is 1.44. The molecule has 1 fully saturated rings. The average molecular weight is 258 g/mol. The first-order valence-corrected chi connectivity index (χ1v) is 7.08. The number of anilines is 1. The molecule has 1 aliphatic heterocycles. The summed E-state index contributed by atoms with van der Waals surface area (Å²) in [7, 11) is 0. The maximum atomic E-state index is 11.6. The van der Waals surface area contributed by atoms with Gasteiger partial charge in [0.1, 0.15) is 0 Å². The summed E-state index contributed by atoms with van der Waals surface area (Å²) in [6.45, 7) is 0.616. The molecule has 1 unspecified atom stereocenters. The van der Waals surface area contributed by atoms with E-state index in [9.17, 15) is 4.79 Å². The lowest BCUT2D eigenvalue weighted by atomic mass is 10.3. The van der Waals surface area contributed by atoms with Crippen LogP contribution in [0.1, 0.15) is 5.69 Å². The van der Waals surface area contributed by atoms with E-state index in [1.165, 1.54) is 11.3 Å². The molecule has 0 bridgehead atoms. The number of nitrogens with zero attached hydrogens (tertiary/aromatic N) is 1. The standard InChI is InChI=1S/C9H14N4OS2/c10-9-13-6(3-16-9)1-2-11-8(14)7-4-15-5-12-7/h3,7,12H,1-2,4-5H2,(H2,10,13)(H,11,14). The zero-order valence-electron chi connectivity index (χ0n) is 8.73. The molecule has 0 radical (unpaired) electrons. The van der Waals surface area contributed by atoms with E-state index in [2.05, 4.69) is 15.6 Å². The second kappa shape index (κ2) is 5.51. The number of rotatable bonds is 4. The first-order chi connectivity index (χ1) is 7.75. The number of nitrogens with two attached hydrogens (primary N) is 1. The fourth-order valence-corrected chi connectivity index (χ4v) is 2.98. The predicted octanol–water partition coefficient (Wildman–Crippen LogP) is 0.0465. The molecule has 1 aliphatic rings. The van der Waals surface area contributed by atoms with E-state index in [0.717, 1.165) is 23.7 Å². The van der Waals surface area contributed by atoms with Gasteiger partial charge in [0.15, 0.2) is 5.13 Å². The summed E-state index contributed by atoms with van der Waals surface area (Å²) < 4.78 is 0. The molecule has 1 amide bonds. The summed E-state index contributed by atoms with van der Waals surface area (Å²) in [5.74, 6) is 1.80. The summed E-state index contributed by atoms with van der Waals surface area (Å²) in [6, 6.07) is -0.0366. The molecule has 0 aromatic carbocycles. The van der Waals surface area contributed by atoms with Crippen LogP contribution in [0.3, 0.4) is 0 Å². The lowest BCUT2D eigenvalue weighted by molar-refractivity contribution is -0.122. The number of hydrogen-bond donors (Lipinski definition) is 3. The molecule has 0 aliphatic carbocycles. The van der Waals surface area contributed by atoms with E-state index in [4.69, 9.17) is 5.73 Å². The van der Waals surface area contributed by atoms with Crippen molar-refractivity contribution in [2.24, 2.45) is 0 Å². The van der Waals surface area contributed by atoms with Gasteiger partial charge in [0.25, 0.3) is 0 Å². The zero-order valence-corrected chi connectivity index (χ0v) is 10.4. The number of aromatic nitrogens is 1. The zero-order chi connectivity index (χ0) is 11.4. The summed E-state index contributed by atoms with van der Waals surface area (Å²) in [4.78, 5) is 15.7. The Balaban J connectivity index is 1.69. The Kier molecular flexibility index (Phi) is 4.03. The normalized spacial score (nSPS) is 19.9. The number of carbonyl (C=O) groups is 1. The number of nitrogen functional groups attached to an aromatic ring is 1. The largest absolute Gasteiger partial charge is 0.375 e. The molecule has 0 saturated carbocycles. The van der Waals surface area contributed by atoms with Crippen molar-refractivity contribution < 1.29 is 4.79 Å². The van der Waals surface area contributed by atoms with Crippen molar-refractivity contribution in [2.45, 2.75) is 12.5 Å². The van der Waals surface area contributed by atoms with Crippen molar-refractivity contribution in [3.05, 3.63) is 11.1 Å². The third-order valence-electron chi connectivity index (χ3n) is 2.28. The lowest BCUT2D eigenvalue weighted by Gasteiger charge is -2.09. The van der Waals surface area contributed by atoms with Crippen LogP contribution in [0, 0.1) is 0 Å². The van der Waals surface area contributed by atoms with E-state index >= 15 is 0 Å². The molecule has 4 N–H and O–H groups in total. The van der Waals surface area contributed by atoms with Crippen LogP contribution in [-0.2, 0) is 11.2 Å². The third kappa shape index (κ3) is 3.10. The molecule has 88 valence electrons. The SMILES string of the molecule is Nc1nc(CCNC(=O)C2CSCN2)cs1. The van der Waals surface area contributed by atoms with Crippen LogP contribution in [0.15, 0.2) is 5.38 Å². The van der Waals surface area contributed by atoms with Crippen LogP contribution in [0.4, 0.5) is 5.13 Å². The first kappa shape index (κ1) is 11.7. The average Bonchev–Trinajstić information content (AvgIpc) is 2.89. The van der Waals surface area contributed by atoms with E-state index in [-0.39, 0.29) is 11.9 Å². The Labute approximate surface area is 102 Å². The number of thioether (sulfide) groups is 1. The highest BCUT2D eigenvalue weighted by molar-refractivity contribution is 7.99. The van der Waals surface area contributed by atoms with Crippen molar-refractivity contribution in [1.82, 2.24) is 15.6 Å². The van der Waals surface area contributed by atoms with Crippen molar-refractivity contribution in [1.29, 1.82) is 0 Å². The molecule has 0 spiro atoms. The van der Waals surface area contributed by atoms with Gasteiger partial charge in [-0.15, -0.1) is 23.1 Å². The molecule has 16 heavy (non-hydrogen) atoms. The first-order valence-electron chi connectivity index (χ1n) is 5.04. The minimum atomic E-state index is -0.0366. The second-order valence-corrected chi connectivity index (χ2v) is 5.41. The van der Waals surface area contributed by atoms with Crippen LogP contribution in [0.2, 0.25) is 0 Å². The smallest absolute Gasteiger partial charge is 0.238 e. The third-order valence-corrected chi connectivity index (χ3v) is 3.95. The molecular formula is C9H14N4OS2. The minimum Gasteiger partial charge on any atom is -0.375 e. The van der Waals surface area contributed by atoms with Crippen molar-refractivity contribution in [3.63, 3.8) is 0 Å². The van der Waals surface area contributed by atoms with Crippen molar-refractivity contribution >= 4 is 34.1 Å². The number of nitrogens with one attached hydrogen (secondary N) is 2. The van der Waals surface area contributed by atoms with E-state index in [1.54, 1.807) is 11.8 Å². The molecule has 1 saturated heterocycles. The quantitative estimate of drug-likeness (QED) is 0.711. The van der Waals surface area contributed by atoms with Gasteiger partial charge in [-0.05, 0) is 0 Å². The summed E-state index contributed by atoms with van der Waals surface area (Å²) in [5, 5.41) is 8.52. The van der Waals surface area contributed by atoms with Gasteiger partial charge in [0, 0.05) is 30.0 Å². The summed E-state index contributed by atoms with van der Waals surface area (Å²) >= 11 is 3.17. The van der Waals surface area contributed by atoms with Gasteiger partial charge in [0.05, 0.1) is 11.7 Å². The maximum Gasteiger partial charge on any atom is 0.238 e. The number of thiazole rings is 1. The summed E-state index contributed by atoms with van der Waals surface area (Å²) in [6.07, 6.45) is 0.735.